The van der Waals surface area contributed by atoms with Crippen molar-refractivity contribution in [2.45, 2.75) is 13.0 Å². The molecule has 0 radical (unpaired) electrons. The molecule has 3 rings (SSSR count). The van der Waals surface area contributed by atoms with Gasteiger partial charge in [0.2, 0.25) is 0 Å². The highest BCUT2D eigenvalue weighted by Gasteiger charge is 2.23. The lowest BCUT2D eigenvalue weighted by molar-refractivity contribution is 0.551. The molecule has 19 heavy (non-hydrogen) atoms. The van der Waals surface area contributed by atoms with Crippen molar-refractivity contribution in [1.29, 1.82) is 0 Å². The van der Waals surface area contributed by atoms with Crippen LogP contribution >= 0.6 is 0 Å². The molecule has 1 aliphatic heterocycles. The average Bonchev–Trinajstić information content (AvgIpc) is 2.49. The minimum Gasteiger partial charge on any atom is -0.368 e. The van der Waals surface area contributed by atoms with Crippen LogP contribution in [0.3, 0.4) is 0 Å². The first-order chi connectivity index (χ1) is 9.34. The van der Waals surface area contributed by atoms with Crippen molar-refractivity contribution in [3.05, 3.63) is 54.9 Å². The van der Waals surface area contributed by atoms with E-state index in [2.05, 4.69) is 64.2 Å². The number of piperazine rings is 1. The van der Waals surface area contributed by atoms with Gasteiger partial charge in [0, 0.05) is 49.4 Å². The zero-order chi connectivity index (χ0) is 13.1. The van der Waals surface area contributed by atoms with E-state index in [1.807, 2.05) is 12.4 Å². The van der Waals surface area contributed by atoms with Gasteiger partial charge >= 0.3 is 0 Å². The highest BCUT2D eigenvalue weighted by molar-refractivity contribution is 5.52. The molecule has 1 aromatic heterocycles. The molecule has 1 saturated heterocycles. The summed E-state index contributed by atoms with van der Waals surface area (Å²) in [4.78, 5) is 9.00. The van der Waals surface area contributed by atoms with Crippen molar-refractivity contribution >= 4 is 11.4 Å². The second kappa shape index (κ2) is 5.31. The first kappa shape index (κ1) is 12.0. The molecule has 1 unspecified atom stereocenters. The number of aromatic nitrogens is 1. The Balaban J connectivity index is 1.73. The van der Waals surface area contributed by atoms with Gasteiger partial charge in [-0.05, 0) is 31.2 Å². The fourth-order valence-electron chi connectivity index (χ4n) is 2.75. The Bertz CT molecular complexity index is 512. The quantitative estimate of drug-likeness (QED) is 0.820. The molecule has 1 fully saturated rings. The maximum atomic E-state index is 4.08. The van der Waals surface area contributed by atoms with Gasteiger partial charge in [-0.3, -0.25) is 4.98 Å². The van der Waals surface area contributed by atoms with Gasteiger partial charge in [-0.25, -0.2) is 0 Å². The smallest absolute Gasteiger partial charge is 0.0437 e. The van der Waals surface area contributed by atoms with Crippen LogP contribution in [0.4, 0.5) is 11.4 Å². The van der Waals surface area contributed by atoms with Crippen molar-refractivity contribution in [1.82, 2.24) is 4.98 Å². The highest BCUT2D eigenvalue weighted by atomic mass is 15.3. The first-order valence-corrected chi connectivity index (χ1v) is 6.81. The molecule has 1 atom stereocenters. The van der Waals surface area contributed by atoms with E-state index in [-0.39, 0.29) is 0 Å². The minimum absolute atomic E-state index is 0.518. The monoisotopic (exact) mass is 253 g/mol. The van der Waals surface area contributed by atoms with Crippen molar-refractivity contribution < 1.29 is 0 Å². The summed E-state index contributed by atoms with van der Waals surface area (Å²) in [5.74, 6) is 0. The van der Waals surface area contributed by atoms with Crippen molar-refractivity contribution in [2.24, 2.45) is 0 Å². The van der Waals surface area contributed by atoms with Crippen LogP contribution in [0.25, 0.3) is 0 Å². The number of hydrogen-bond acceptors (Lipinski definition) is 3. The second-order valence-corrected chi connectivity index (χ2v) is 5.03. The summed E-state index contributed by atoms with van der Waals surface area (Å²) in [6.07, 6.45) is 3.73. The Hall–Kier alpha value is -2.03. The summed E-state index contributed by atoms with van der Waals surface area (Å²) in [6, 6.07) is 15.4. The minimum atomic E-state index is 0.518. The van der Waals surface area contributed by atoms with E-state index in [0.29, 0.717) is 6.04 Å². The number of nitrogens with zero attached hydrogens (tertiary/aromatic N) is 3. The first-order valence-electron chi connectivity index (χ1n) is 6.81. The van der Waals surface area contributed by atoms with Gasteiger partial charge in [0.05, 0.1) is 0 Å². The zero-order valence-corrected chi connectivity index (χ0v) is 11.2. The summed E-state index contributed by atoms with van der Waals surface area (Å²) in [5.41, 5.74) is 2.60. The van der Waals surface area contributed by atoms with Crippen LogP contribution in [0.1, 0.15) is 6.92 Å². The summed E-state index contributed by atoms with van der Waals surface area (Å²) < 4.78 is 0. The molecule has 2 aromatic rings. The van der Waals surface area contributed by atoms with Gasteiger partial charge in [-0.2, -0.15) is 0 Å². The van der Waals surface area contributed by atoms with Crippen LogP contribution in [-0.4, -0.2) is 30.7 Å². The maximum Gasteiger partial charge on any atom is 0.0437 e. The van der Waals surface area contributed by atoms with Crippen molar-refractivity contribution in [3.8, 4) is 0 Å². The second-order valence-electron chi connectivity index (χ2n) is 5.03. The van der Waals surface area contributed by atoms with Crippen LogP contribution < -0.4 is 9.80 Å². The molecule has 98 valence electrons. The third kappa shape index (κ3) is 2.55. The summed E-state index contributed by atoms with van der Waals surface area (Å²) in [6.45, 7) is 5.47. The van der Waals surface area contributed by atoms with Gasteiger partial charge in [0.15, 0.2) is 0 Å². The van der Waals surface area contributed by atoms with Gasteiger partial charge in [0.25, 0.3) is 0 Å². The number of benzene rings is 1. The molecule has 3 nitrogen and oxygen atoms in total. The molecule has 0 spiro atoms. The Labute approximate surface area is 114 Å². The van der Waals surface area contributed by atoms with E-state index in [1.54, 1.807) is 0 Å². The normalized spacial score (nSPS) is 19.5. The SMILES string of the molecule is CC1CN(c2ccncc2)CCN1c1ccccc1. The zero-order valence-electron chi connectivity index (χ0n) is 11.2. The van der Waals surface area contributed by atoms with E-state index >= 15 is 0 Å². The van der Waals surface area contributed by atoms with Crippen LogP contribution in [-0.2, 0) is 0 Å². The van der Waals surface area contributed by atoms with Crippen LogP contribution in [0.2, 0.25) is 0 Å². The molecule has 2 heterocycles. The molecule has 1 aliphatic rings. The fraction of sp³-hybridized carbons (Fsp3) is 0.312. The molecule has 0 saturated carbocycles. The lowest BCUT2D eigenvalue weighted by Crippen LogP contribution is -2.52. The molecular formula is C16H19N3. The third-order valence-electron chi connectivity index (χ3n) is 3.74. The van der Waals surface area contributed by atoms with E-state index in [4.69, 9.17) is 0 Å². The number of hydrogen-bond donors (Lipinski definition) is 0. The summed E-state index contributed by atoms with van der Waals surface area (Å²) >= 11 is 0. The number of anilines is 2. The van der Waals surface area contributed by atoms with Gasteiger partial charge in [0.1, 0.15) is 0 Å². The van der Waals surface area contributed by atoms with E-state index in [1.165, 1.54) is 11.4 Å². The third-order valence-corrected chi connectivity index (χ3v) is 3.74. The molecule has 0 N–H and O–H groups in total. The summed E-state index contributed by atoms with van der Waals surface area (Å²) in [5, 5.41) is 0. The van der Waals surface area contributed by atoms with Crippen LogP contribution in [0.15, 0.2) is 54.9 Å². The highest BCUT2D eigenvalue weighted by Crippen LogP contribution is 2.23. The van der Waals surface area contributed by atoms with Gasteiger partial charge < -0.3 is 9.80 Å². The Morgan fingerprint density at radius 3 is 2.37 bits per heavy atom. The van der Waals surface area contributed by atoms with E-state index in [0.717, 1.165) is 19.6 Å². The summed E-state index contributed by atoms with van der Waals surface area (Å²) in [7, 11) is 0. The number of para-hydroxylation sites is 1. The van der Waals surface area contributed by atoms with Gasteiger partial charge in [-0.1, -0.05) is 18.2 Å². The van der Waals surface area contributed by atoms with E-state index < -0.39 is 0 Å². The van der Waals surface area contributed by atoms with Crippen LogP contribution in [0.5, 0.6) is 0 Å². The molecule has 0 amide bonds. The Morgan fingerprint density at radius 1 is 0.947 bits per heavy atom. The predicted octanol–water partition coefficient (Wildman–Crippen LogP) is 2.80. The lowest BCUT2D eigenvalue weighted by Gasteiger charge is -2.42. The number of pyridine rings is 1. The molecule has 0 aliphatic carbocycles. The average molecular weight is 253 g/mol. The molecule has 3 heteroatoms. The lowest BCUT2D eigenvalue weighted by atomic mass is 10.1. The Kier molecular flexibility index (Phi) is 3.36. The van der Waals surface area contributed by atoms with Crippen molar-refractivity contribution in [2.75, 3.05) is 29.4 Å². The Morgan fingerprint density at radius 2 is 1.68 bits per heavy atom. The van der Waals surface area contributed by atoms with Crippen molar-refractivity contribution in [3.63, 3.8) is 0 Å². The molecule has 0 bridgehead atoms. The molecular weight excluding hydrogens is 234 g/mol. The topological polar surface area (TPSA) is 19.4 Å². The fourth-order valence-corrected chi connectivity index (χ4v) is 2.75. The number of rotatable bonds is 2. The standard InChI is InChI=1S/C16H19N3/c1-14-13-18(15-7-9-17-10-8-15)11-12-19(14)16-5-3-2-4-6-16/h2-10,14H,11-13H2,1H3. The largest absolute Gasteiger partial charge is 0.368 e. The predicted molar refractivity (Wildman–Crippen MR) is 79.7 cm³/mol. The molecule has 1 aromatic carbocycles. The van der Waals surface area contributed by atoms with E-state index in [9.17, 15) is 0 Å². The maximum absolute atomic E-state index is 4.08. The van der Waals surface area contributed by atoms with Crippen LogP contribution in [0, 0.1) is 0 Å². The van der Waals surface area contributed by atoms with Gasteiger partial charge in [-0.15, -0.1) is 0 Å².